The van der Waals surface area contributed by atoms with Crippen LogP contribution in [0.15, 0.2) is 82.8 Å². The minimum absolute atomic E-state index is 0.00386. The molecular weight excluding hydrogens is 474 g/mol. The predicted molar refractivity (Wildman–Crippen MR) is 125 cm³/mol. The number of benzene rings is 3. The number of rotatable bonds is 5. The first-order valence-corrected chi connectivity index (χ1v) is 10.6. The van der Waals surface area contributed by atoms with Crippen molar-refractivity contribution < 1.29 is 24.2 Å². The largest absolute Gasteiger partial charge is 0.507 e. The zero-order valence-corrected chi connectivity index (χ0v) is 19.0. The molecule has 3 aromatic carbocycles. The Labute approximate surface area is 193 Å². The van der Waals surface area contributed by atoms with E-state index in [0.29, 0.717) is 32.8 Å². The molecule has 1 unspecified atom stereocenters. The molecule has 0 aliphatic carbocycles. The summed E-state index contributed by atoms with van der Waals surface area (Å²) in [6, 6.07) is 20.2. The molecule has 4 rings (SSSR count). The van der Waals surface area contributed by atoms with Crippen LogP contribution in [0.25, 0.3) is 5.76 Å². The number of aliphatic hydroxyl groups excluding tert-OH is 1. The van der Waals surface area contributed by atoms with E-state index in [4.69, 9.17) is 9.47 Å². The first-order chi connectivity index (χ1) is 15.5. The first-order valence-electron chi connectivity index (χ1n) is 9.80. The van der Waals surface area contributed by atoms with E-state index in [2.05, 4.69) is 15.9 Å². The van der Waals surface area contributed by atoms with E-state index in [0.717, 1.165) is 0 Å². The second kappa shape index (κ2) is 8.88. The highest BCUT2D eigenvalue weighted by molar-refractivity contribution is 9.10. The molecule has 1 heterocycles. The Morgan fingerprint density at radius 1 is 0.938 bits per heavy atom. The highest BCUT2D eigenvalue weighted by Crippen LogP contribution is 2.43. The molecule has 3 aromatic rings. The molecule has 1 fully saturated rings. The van der Waals surface area contributed by atoms with E-state index < -0.39 is 17.7 Å². The van der Waals surface area contributed by atoms with Gasteiger partial charge in [0.1, 0.15) is 17.3 Å². The summed E-state index contributed by atoms with van der Waals surface area (Å²) in [7, 11) is 3.08. The van der Waals surface area contributed by atoms with Gasteiger partial charge in [-0.1, -0.05) is 30.3 Å². The Morgan fingerprint density at radius 2 is 1.69 bits per heavy atom. The zero-order chi connectivity index (χ0) is 22.8. The topological polar surface area (TPSA) is 76.1 Å². The van der Waals surface area contributed by atoms with Gasteiger partial charge in [0, 0.05) is 11.3 Å². The number of amides is 1. The summed E-state index contributed by atoms with van der Waals surface area (Å²) in [5.41, 5.74) is 1.58. The van der Waals surface area contributed by atoms with Gasteiger partial charge in [0.15, 0.2) is 0 Å². The molecule has 0 saturated carbocycles. The van der Waals surface area contributed by atoms with Gasteiger partial charge < -0.3 is 14.6 Å². The lowest BCUT2D eigenvalue weighted by Crippen LogP contribution is -2.29. The molecule has 32 heavy (non-hydrogen) atoms. The Balaban J connectivity index is 1.94. The molecular formula is C25H20BrNO5. The molecule has 6 nitrogen and oxygen atoms in total. The molecule has 1 aliphatic heterocycles. The quantitative estimate of drug-likeness (QED) is 0.304. The van der Waals surface area contributed by atoms with Crippen LogP contribution >= 0.6 is 15.9 Å². The second-order valence-corrected chi connectivity index (χ2v) is 7.98. The summed E-state index contributed by atoms with van der Waals surface area (Å²) in [5.74, 6) is -0.578. The van der Waals surface area contributed by atoms with Crippen molar-refractivity contribution in [1.82, 2.24) is 0 Å². The lowest BCUT2D eigenvalue weighted by Gasteiger charge is -2.25. The fraction of sp³-hybridized carbons (Fsp3) is 0.120. The smallest absolute Gasteiger partial charge is 0.300 e. The molecule has 0 bridgehead atoms. The minimum Gasteiger partial charge on any atom is -0.507 e. The van der Waals surface area contributed by atoms with Crippen molar-refractivity contribution in [2.24, 2.45) is 0 Å². The van der Waals surface area contributed by atoms with Crippen LogP contribution < -0.4 is 14.4 Å². The van der Waals surface area contributed by atoms with Crippen LogP contribution in [0.3, 0.4) is 0 Å². The van der Waals surface area contributed by atoms with Crippen LogP contribution in [0, 0.1) is 0 Å². The lowest BCUT2D eigenvalue weighted by molar-refractivity contribution is -0.132. The van der Waals surface area contributed by atoms with Crippen LogP contribution in [-0.2, 0) is 9.59 Å². The summed E-state index contributed by atoms with van der Waals surface area (Å²) in [5, 5.41) is 11.2. The first kappa shape index (κ1) is 21.6. The van der Waals surface area contributed by atoms with Crippen LogP contribution in [-0.4, -0.2) is 31.0 Å². The maximum atomic E-state index is 13.2. The summed E-state index contributed by atoms with van der Waals surface area (Å²) in [4.78, 5) is 27.7. The number of hydrogen-bond donors (Lipinski definition) is 1. The summed E-state index contributed by atoms with van der Waals surface area (Å²) >= 11 is 3.40. The van der Waals surface area contributed by atoms with Crippen LogP contribution in [0.2, 0.25) is 0 Å². The molecule has 1 aliphatic rings. The number of nitrogens with zero attached hydrogens (tertiary/aromatic N) is 1. The van der Waals surface area contributed by atoms with E-state index in [1.165, 1.54) is 12.0 Å². The fourth-order valence-corrected chi connectivity index (χ4v) is 4.32. The fourth-order valence-electron chi connectivity index (χ4n) is 3.78. The molecule has 0 spiro atoms. The molecule has 1 N–H and O–H groups in total. The molecule has 1 amide bonds. The van der Waals surface area contributed by atoms with Crippen molar-refractivity contribution in [1.29, 1.82) is 0 Å². The van der Waals surface area contributed by atoms with Crippen molar-refractivity contribution in [2.75, 3.05) is 19.1 Å². The van der Waals surface area contributed by atoms with Gasteiger partial charge in [-0.3, -0.25) is 14.5 Å². The number of Topliss-reactive ketones (excluding diaryl/α,β-unsaturated/α-hetero) is 1. The number of halogens is 1. The molecule has 0 aromatic heterocycles. The van der Waals surface area contributed by atoms with Gasteiger partial charge in [0.2, 0.25) is 0 Å². The molecule has 0 radical (unpaired) electrons. The summed E-state index contributed by atoms with van der Waals surface area (Å²) < 4.78 is 11.2. The van der Waals surface area contributed by atoms with E-state index >= 15 is 0 Å². The summed E-state index contributed by atoms with van der Waals surface area (Å²) in [6.45, 7) is 0. The van der Waals surface area contributed by atoms with Crippen molar-refractivity contribution in [2.45, 2.75) is 6.04 Å². The average molecular weight is 494 g/mol. The normalized spacial score (nSPS) is 17.5. The van der Waals surface area contributed by atoms with E-state index in [9.17, 15) is 14.7 Å². The minimum atomic E-state index is -0.826. The zero-order valence-electron chi connectivity index (χ0n) is 17.4. The van der Waals surface area contributed by atoms with Gasteiger partial charge in [-0.05, 0) is 64.0 Å². The monoisotopic (exact) mass is 493 g/mol. The lowest BCUT2D eigenvalue weighted by atomic mass is 9.95. The van der Waals surface area contributed by atoms with Crippen molar-refractivity contribution in [3.63, 3.8) is 0 Å². The Bertz CT molecular complexity index is 1220. The molecule has 1 atom stereocenters. The van der Waals surface area contributed by atoms with Gasteiger partial charge in [0.05, 0.1) is 30.3 Å². The standard InChI is InChI=1S/C25H20BrNO5/c1-31-18-10-6-7-15(13-18)22-21(23(28)16-11-12-20(32-2)19(26)14-16)24(29)25(30)27(22)17-8-4-3-5-9-17/h3-14,22,28H,1-2H3/b23-21-. The predicted octanol–water partition coefficient (Wildman–Crippen LogP) is 5.09. The number of ketones is 1. The third kappa shape index (κ3) is 3.76. The van der Waals surface area contributed by atoms with Crippen molar-refractivity contribution in [3.8, 4) is 11.5 Å². The molecule has 7 heteroatoms. The Hall–Kier alpha value is -3.58. The number of aliphatic hydroxyl groups is 1. The number of ether oxygens (including phenoxy) is 2. The van der Waals surface area contributed by atoms with Gasteiger partial charge in [-0.25, -0.2) is 0 Å². The Kier molecular flexibility index (Phi) is 6.01. The number of anilines is 1. The number of carbonyl (C=O) groups excluding carboxylic acids is 2. The third-order valence-electron chi connectivity index (χ3n) is 5.31. The molecule has 1 saturated heterocycles. The van der Waals surface area contributed by atoms with Gasteiger partial charge in [-0.2, -0.15) is 0 Å². The Morgan fingerprint density at radius 3 is 2.34 bits per heavy atom. The highest BCUT2D eigenvalue weighted by atomic mass is 79.9. The van der Waals surface area contributed by atoms with E-state index in [1.54, 1.807) is 73.8 Å². The van der Waals surface area contributed by atoms with Crippen molar-refractivity contribution >= 4 is 39.1 Å². The maximum absolute atomic E-state index is 13.2. The number of carbonyl (C=O) groups is 2. The van der Waals surface area contributed by atoms with Crippen LogP contribution in [0.4, 0.5) is 5.69 Å². The third-order valence-corrected chi connectivity index (χ3v) is 5.93. The second-order valence-electron chi connectivity index (χ2n) is 7.13. The highest BCUT2D eigenvalue weighted by Gasteiger charge is 2.47. The number of para-hydroxylation sites is 1. The van der Waals surface area contributed by atoms with Gasteiger partial charge in [0.25, 0.3) is 11.7 Å². The summed E-state index contributed by atoms with van der Waals surface area (Å²) in [6.07, 6.45) is 0. The van der Waals surface area contributed by atoms with Crippen LogP contribution in [0.5, 0.6) is 11.5 Å². The van der Waals surface area contributed by atoms with Crippen molar-refractivity contribution in [3.05, 3.63) is 94.0 Å². The molecule has 162 valence electrons. The maximum Gasteiger partial charge on any atom is 0.300 e. The van der Waals surface area contributed by atoms with E-state index in [-0.39, 0.29) is 11.3 Å². The van der Waals surface area contributed by atoms with Crippen LogP contribution in [0.1, 0.15) is 17.2 Å². The van der Waals surface area contributed by atoms with Gasteiger partial charge in [-0.15, -0.1) is 0 Å². The average Bonchev–Trinajstić information content (AvgIpc) is 3.09. The van der Waals surface area contributed by atoms with Gasteiger partial charge >= 0.3 is 0 Å². The van der Waals surface area contributed by atoms with E-state index in [1.807, 2.05) is 6.07 Å². The SMILES string of the molecule is COc1cccc(C2/C(=C(/O)c3ccc(OC)c(Br)c3)C(=O)C(=O)N2c2ccccc2)c1. The number of methoxy groups -OCH3 is 2. The number of hydrogen-bond acceptors (Lipinski definition) is 5.